The van der Waals surface area contributed by atoms with Crippen LogP contribution in [0.3, 0.4) is 0 Å². The van der Waals surface area contributed by atoms with Crippen molar-refractivity contribution < 1.29 is 9.59 Å². The van der Waals surface area contributed by atoms with Crippen LogP contribution in [0.1, 0.15) is 72.4 Å². The van der Waals surface area contributed by atoms with Crippen molar-refractivity contribution in [3.8, 4) is 0 Å². The predicted molar refractivity (Wildman–Crippen MR) is 113 cm³/mol. The van der Waals surface area contributed by atoms with Crippen LogP contribution in [0.4, 0.5) is 0 Å². The first-order valence-corrected chi connectivity index (χ1v) is 10.2. The van der Waals surface area contributed by atoms with Crippen LogP contribution in [-0.4, -0.2) is 44.3 Å². The zero-order chi connectivity index (χ0) is 21.9. The van der Waals surface area contributed by atoms with Gasteiger partial charge in [-0.3, -0.25) is 19.6 Å². The van der Waals surface area contributed by atoms with Crippen molar-refractivity contribution in [2.75, 3.05) is 6.54 Å². The topological polar surface area (TPSA) is 110 Å². The van der Waals surface area contributed by atoms with Crippen molar-refractivity contribution >= 4 is 11.8 Å². The molecule has 2 atom stereocenters. The lowest BCUT2D eigenvalue weighted by Gasteiger charge is -2.46. The molecule has 2 amide bonds. The van der Waals surface area contributed by atoms with Gasteiger partial charge < -0.3 is 10.6 Å². The standard InChI is InChI=1S/C22H30N6O2/c1-14-8-25-17(10-23-14)19(29)27-13-22(5)7-16(6-21(3,4)12-22)28-20(30)18-11-24-15(2)9-26-18/h8-11,16H,6-7,12-13H2,1-5H3,(H,27,29)(H,28,30). The van der Waals surface area contributed by atoms with Crippen molar-refractivity contribution in [2.24, 2.45) is 10.8 Å². The molecule has 2 heterocycles. The van der Waals surface area contributed by atoms with Gasteiger partial charge in [-0.25, -0.2) is 9.97 Å². The highest BCUT2D eigenvalue weighted by atomic mass is 16.2. The number of aromatic nitrogens is 4. The van der Waals surface area contributed by atoms with Crippen LogP contribution in [0.15, 0.2) is 24.8 Å². The van der Waals surface area contributed by atoms with E-state index in [9.17, 15) is 9.59 Å². The molecule has 8 heteroatoms. The lowest BCUT2D eigenvalue weighted by atomic mass is 9.62. The van der Waals surface area contributed by atoms with E-state index in [4.69, 9.17) is 0 Å². The Balaban J connectivity index is 1.65. The van der Waals surface area contributed by atoms with Crippen LogP contribution < -0.4 is 10.6 Å². The third kappa shape index (κ3) is 5.58. The highest BCUT2D eigenvalue weighted by molar-refractivity contribution is 5.92. The number of amides is 2. The van der Waals surface area contributed by atoms with E-state index < -0.39 is 0 Å². The van der Waals surface area contributed by atoms with Gasteiger partial charge in [0.05, 0.1) is 23.8 Å². The molecule has 8 nitrogen and oxygen atoms in total. The predicted octanol–water partition coefficient (Wildman–Crippen LogP) is 2.63. The molecule has 0 aliphatic heterocycles. The first-order chi connectivity index (χ1) is 14.1. The largest absolute Gasteiger partial charge is 0.350 e. The molecule has 2 aromatic rings. The molecule has 1 saturated carbocycles. The molecule has 2 N–H and O–H groups in total. The molecule has 0 bridgehead atoms. The number of nitrogens with one attached hydrogen (secondary N) is 2. The normalized spacial score (nSPS) is 22.9. The zero-order valence-corrected chi connectivity index (χ0v) is 18.3. The molecule has 30 heavy (non-hydrogen) atoms. The van der Waals surface area contributed by atoms with Gasteiger partial charge in [-0.1, -0.05) is 20.8 Å². The van der Waals surface area contributed by atoms with Gasteiger partial charge in [-0.2, -0.15) is 0 Å². The summed E-state index contributed by atoms with van der Waals surface area (Å²) in [6.07, 6.45) is 8.74. The highest BCUT2D eigenvalue weighted by Gasteiger charge is 2.42. The van der Waals surface area contributed by atoms with E-state index >= 15 is 0 Å². The Bertz CT molecular complexity index is 910. The second-order valence-electron chi connectivity index (χ2n) is 9.50. The fourth-order valence-corrected chi connectivity index (χ4v) is 4.53. The number of aryl methyl sites for hydroxylation is 2. The van der Waals surface area contributed by atoms with Crippen molar-refractivity contribution in [2.45, 2.75) is 59.9 Å². The fourth-order valence-electron chi connectivity index (χ4n) is 4.53. The molecule has 1 aliphatic carbocycles. The molecular weight excluding hydrogens is 380 g/mol. The third-order valence-electron chi connectivity index (χ3n) is 5.48. The average Bonchev–Trinajstić information content (AvgIpc) is 2.65. The van der Waals surface area contributed by atoms with Crippen LogP contribution in [0.25, 0.3) is 0 Å². The van der Waals surface area contributed by atoms with Gasteiger partial charge in [0.15, 0.2) is 0 Å². The molecule has 0 spiro atoms. The average molecular weight is 411 g/mol. The van der Waals surface area contributed by atoms with E-state index in [1.54, 1.807) is 12.4 Å². The number of nitrogens with zero attached hydrogens (tertiary/aromatic N) is 4. The minimum atomic E-state index is -0.234. The summed E-state index contributed by atoms with van der Waals surface area (Å²) in [7, 11) is 0. The van der Waals surface area contributed by atoms with Crippen LogP contribution in [0.5, 0.6) is 0 Å². The molecule has 3 rings (SSSR count). The Kier molecular flexibility index (Phi) is 6.14. The molecule has 1 fully saturated rings. The van der Waals surface area contributed by atoms with Gasteiger partial charge in [0.1, 0.15) is 11.4 Å². The smallest absolute Gasteiger partial charge is 0.271 e. The fraction of sp³-hybridized carbons (Fsp3) is 0.545. The minimum absolute atomic E-state index is 0.00887. The summed E-state index contributed by atoms with van der Waals surface area (Å²) >= 11 is 0. The summed E-state index contributed by atoms with van der Waals surface area (Å²) in [5.74, 6) is -0.450. The summed E-state index contributed by atoms with van der Waals surface area (Å²) in [4.78, 5) is 41.7. The monoisotopic (exact) mass is 410 g/mol. The van der Waals surface area contributed by atoms with Crippen LogP contribution in [0, 0.1) is 24.7 Å². The number of rotatable bonds is 5. The maximum absolute atomic E-state index is 12.6. The van der Waals surface area contributed by atoms with E-state index in [1.165, 1.54) is 12.4 Å². The van der Waals surface area contributed by atoms with Gasteiger partial charge in [0.2, 0.25) is 0 Å². The minimum Gasteiger partial charge on any atom is -0.350 e. The van der Waals surface area contributed by atoms with Gasteiger partial charge in [-0.15, -0.1) is 0 Å². The SMILES string of the molecule is Cc1cnc(C(=O)NCC2(C)CC(NC(=O)c3cnc(C)cn3)CC(C)(C)C2)cn1. The van der Waals surface area contributed by atoms with Crippen molar-refractivity contribution in [1.29, 1.82) is 0 Å². The molecule has 0 radical (unpaired) electrons. The summed E-state index contributed by atoms with van der Waals surface area (Å²) in [6, 6.07) is -0.00887. The Hall–Kier alpha value is -2.90. The van der Waals surface area contributed by atoms with Crippen molar-refractivity contribution in [3.05, 3.63) is 47.6 Å². The lowest BCUT2D eigenvalue weighted by molar-refractivity contribution is 0.0589. The van der Waals surface area contributed by atoms with Crippen LogP contribution in [0.2, 0.25) is 0 Å². The van der Waals surface area contributed by atoms with Crippen LogP contribution >= 0.6 is 0 Å². The number of carbonyl (C=O) groups is 2. The van der Waals surface area contributed by atoms with Crippen molar-refractivity contribution in [1.82, 2.24) is 30.6 Å². The Morgan fingerprint density at radius 3 is 2.00 bits per heavy atom. The Morgan fingerprint density at radius 1 is 0.900 bits per heavy atom. The first kappa shape index (κ1) is 21.8. The number of carbonyl (C=O) groups excluding carboxylic acids is 2. The molecule has 160 valence electrons. The van der Waals surface area contributed by atoms with Gasteiger partial charge in [0, 0.05) is 25.0 Å². The van der Waals surface area contributed by atoms with Gasteiger partial charge in [0.25, 0.3) is 11.8 Å². The van der Waals surface area contributed by atoms with E-state index in [0.29, 0.717) is 17.9 Å². The summed E-state index contributed by atoms with van der Waals surface area (Å²) in [6.45, 7) is 10.7. The highest BCUT2D eigenvalue weighted by Crippen LogP contribution is 2.45. The molecule has 0 aromatic carbocycles. The van der Waals surface area contributed by atoms with E-state index in [1.807, 2.05) is 13.8 Å². The quantitative estimate of drug-likeness (QED) is 0.784. The van der Waals surface area contributed by atoms with Crippen molar-refractivity contribution in [3.63, 3.8) is 0 Å². The van der Waals surface area contributed by atoms with E-state index in [2.05, 4.69) is 51.3 Å². The number of hydrogen-bond donors (Lipinski definition) is 2. The summed E-state index contributed by atoms with van der Waals surface area (Å²) < 4.78 is 0. The summed E-state index contributed by atoms with van der Waals surface area (Å²) in [5, 5.41) is 6.12. The first-order valence-electron chi connectivity index (χ1n) is 10.2. The second kappa shape index (κ2) is 8.45. The van der Waals surface area contributed by atoms with Crippen LogP contribution in [-0.2, 0) is 0 Å². The van der Waals surface area contributed by atoms with E-state index in [-0.39, 0.29) is 28.7 Å². The molecule has 1 aliphatic rings. The molecular formula is C22H30N6O2. The maximum atomic E-state index is 12.6. The molecule has 2 aromatic heterocycles. The molecule has 2 unspecified atom stereocenters. The van der Waals surface area contributed by atoms with Gasteiger partial charge >= 0.3 is 0 Å². The zero-order valence-electron chi connectivity index (χ0n) is 18.3. The summed E-state index contributed by atoms with van der Waals surface area (Å²) in [5.41, 5.74) is 2.03. The Morgan fingerprint density at radius 2 is 1.47 bits per heavy atom. The van der Waals surface area contributed by atoms with Gasteiger partial charge in [-0.05, 0) is 43.9 Å². The number of hydrogen-bond acceptors (Lipinski definition) is 6. The lowest BCUT2D eigenvalue weighted by Crippen LogP contribution is -2.50. The Labute approximate surface area is 177 Å². The second-order valence-corrected chi connectivity index (χ2v) is 9.50. The third-order valence-corrected chi connectivity index (χ3v) is 5.48. The molecule has 0 saturated heterocycles. The van der Waals surface area contributed by atoms with E-state index in [0.717, 1.165) is 30.7 Å². The maximum Gasteiger partial charge on any atom is 0.271 e.